The minimum absolute atomic E-state index is 0.0514. The highest BCUT2D eigenvalue weighted by molar-refractivity contribution is 6.05. The third-order valence-electron chi connectivity index (χ3n) is 6.42. The number of aryl methyl sites for hydroxylation is 1. The van der Waals surface area contributed by atoms with Gasteiger partial charge in [-0.05, 0) is 56.3 Å². The number of anilines is 2. The van der Waals surface area contributed by atoms with Crippen LogP contribution >= 0.6 is 0 Å². The summed E-state index contributed by atoms with van der Waals surface area (Å²) in [7, 11) is 2.93. The number of aromatic nitrogens is 3. The number of methoxy groups -OCH3 is 1. The quantitative estimate of drug-likeness (QED) is 0.224. The molecule has 0 aliphatic carbocycles. The fourth-order valence-electron chi connectivity index (χ4n) is 4.48. The summed E-state index contributed by atoms with van der Waals surface area (Å²) in [5.41, 5.74) is 1.07. The van der Waals surface area contributed by atoms with Crippen molar-refractivity contribution in [3.05, 3.63) is 63.1 Å². The van der Waals surface area contributed by atoms with Crippen molar-refractivity contribution in [2.45, 2.75) is 12.8 Å². The molecule has 36 heavy (non-hydrogen) atoms. The van der Waals surface area contributed by atoms with Gasteiger partial charge in [0.25, 0.3) is 5.56 Å². The maximum absolute atomic E-state index is 12.9. The van der Waals surface area contributed by atoms with E-state index in [9.17, 15) is 14.9 Å². The van der Waals surface area contributed by atoms with E-state index < -0.39 is 4.92 Å². The van der Waals surface area contributed by atoms with E-state index in [2.05, 4.69) is 20.2 Å². The number of likely N-dealkylation sites (tertiary alicyclic amines) is 1. The first-order valence-corrected chi connectivity index (χ1v) is 11.7. The smallest absolute Gasteiger partial charge is 0.311 e. The van der Waals surface area contributed by atoms with Gasteiger partial charge in [-0.1, -0.05) is 0 Å². The lowest BCUT2D eigenvalue weighted by molar-refractivity contribution is -0.385. The van der Waals surface area contributed by atoms with Crippen molar-refractivity contribution in [3.8, 4) is 11.5 Å². The van der Waals surface area contributed by atoms with Crippen molar-refractivity contribution in [3.63, 3.8) is 0 Å². The second kappa shape index (κ2) is 9.78. The predicted molar refractivity (Wildman–Crippen MR) is 136 cm³/mol. The van der Waals surface area contributed by atoms with Crippen molar-refractivity contribution >= 4 is 39.1 Å². The third-order valence-corrected chi connectivity index (χ3v) is 6.42. The lowest BCUT2D eigenvalue weighted by Crippen LogP contribution is -2.25. The van der Waals surface area contributed by atoms with Crippen LogP contribution in [-0.4, -0.2) is 57.7 Å². The first-order valence-electron chi connectivity index (χ1n) is 11.7. The highest BCUT2D eigenvalue weighted by atomic mass is 16.6. The zero-order valence-electron chi connectivity index (χ0n) is 20.1. The molecule has 1 saturated heterocycles. The van der Waals surface area contributed by atoms with Gasteiger partial charge in [0.2, 0.25) is 5.95 Å². The molecule has 2 aromatic carbocycles. The fourth-order valence-corrected chi connectivity index (χ4v) is 4.48. The summed E-state index contributed by atoms with van der Waals surface area (Å²) in [5.74, 6) is 1.16. The monoisotopic (exact) mass is 490 g/mol. The Morgan fingerprint density at radius 2 is 1.89 bits per heavy atom. The van der Waals surface area contributed by atoms with E-state index in [1.165, 1.54) is 36.7 Å². The van der Waals surface area contributed by atoms with Crippen LogP contribution in [0.25, 0.3) is 21.8 Å². The molecule has 5 rings (SSSR count). The Bertz CT molecular complexity index is 1500. The summed E-state index contributed by atoms with van der Waals surface area (Å²) in [6, 6.07) is 10.2. The molecule has 3 heterocycles. The Labute approximate surface area is 206 Å². The molecular formula is C25H26N6O5. The molecule has 186 valence electrons. The summed E-state index contributed by atoms with van der Waals surface area (Å²) < 4.78 is 12.4. The van der Waals surface area contributed by atoms with E-state index in [0.29, 0.717) is 29.0 Å². The molecule has 1 aliphatic rings. The van der Waals surface area contributed by atoms with E-state index in [1.807, 2.05) is 24.3 Å². The number of pyridine rings is 1. The van der Waals surface area contributed by atoms with Crippen LogP contribution in [0.15, 0.2) is 47.4 Å². The van der Waals surface area contributed by atoms with Gasteiger partial charge >= 0.3 is 5.69 Å². The topological polar surface area (TPSA) is 125 Å². The molecule has 0 bridgehead atoms. The van der Waals surface area contributed by atoms with Gasteiger partial charge in [0.1, 0.15) is 17.9 Å². The van der Waals surface area contributed by atoms with Crippen LogP contribution in [0.1, 0.15) is 12.8 Å². The lowest BCUT2D eigenvalue weighted by atomic mass is 10.1. The van der Waals surface area contributed by atoms with Crippen LogP contribution in [0, 0.1) is 10.1 Å². The van der Waals surface area contributed by atoms with Gasteiger partial charge in [-0.15, -0.1) is 0 Å². The number of ether oxygens (including phenoxy) is 2. The zero-order valence-corrected chi connectivity index (χ0v) is 20.1. The second-order valence-electron chi connectivity index (χ2n) is 8.66. The Hall–Kier alpha value is -4.25. The van der Waals surface area contributed by atoms with Gasteiger partial charge in [-0.25, -0.2) is 9.97 Å². The van der Waals surface area contributed by atoms with Crippen molar-refractivity contribution in [2.75, 3.05) is 38.7 Å². The van der Waals surface area contributed by atoms with Gasteiger partial charge in [0, 0.05) is 30.7 Å². The molecule has 0 unspecified atom stereocenters. The maximum atomic E-state index is 12.9. The molecule has 1 fully saturated rings. The van der Waals surface area contributed by atoms with Gasteiger partial charge in [0.05, 0.1) is 29.1 Å². The Morgan fingerprint density at radius 1 is 1.14 bits per heavy atom. The number of nitro benzene ring substituents is 1. The maximum Gasteiger partial charge on any atom is 0.311 e. The van der Waals surface area contributed by atoms with Crippen LogP contribution in [0.2, 0.25) is 0 Å². The van der Waals surface area contributed by atoms with Crippen LogP contribution in [-0.2, 0) is 7.05 Å². The molecule has 11 nitrogen and oxygen atoms in total. The molecule has 0 saturated carbocycles. The number of nitrogens with one attached hydrogen (secondary N) is 1. The standard InChI is InChI=1S/C25H26N6O5/c1-29-21-15-26-25(27-16-5-7-17(8-6-16)36-12-11-30-9-3-4-10-30)28-23(21)18-14-22(35-2)20(31(33)34)13-19(18)24(29)32/h5-8,13-15H,3-4,9-12H2,1-2H3,(H,26,27,28). The van der Waals surface area contributed by atoms with E-state index in [1.54, 1.807) is 13.2 Å². The first kappa shape index (κ1) is 23.5. The normalized spacial score (nSPS) is 13.8. The Morgan fingerprint density at radius 3 is 2.58 bits per heavy atom. The number of nitro groups is 1. The first-order chi connectivity index (χ1) is 17.4. The Kier molecular flexibility index (Phi) is 6.38. The summed E-state index contributed by atoms with van der Waals surface area (Å²) in [6.45, 7) is 3.86. The number of nitrogens with zero attached hydrogens (tertiary/aromatic N) is 5. The molecule has 0 radical (unpaired) electrons. The minimum atomic E-state index is -0.575. The molecule has 4 aromatic rings. The van der Waals surface area contributed by atoms with Crippen molar-refractivity contribution in [2.24, 2.45) is 7.05 Å². The third kappa shape index (κ3) is 4.52. The van der Waals surface area contributed by atoms with Crippen LogP contribution in [0.5, 0.6) is 11.5 Å². The number of hydrogen-bond acceptors (Lipinski definition) is 9. The molecular weight excluding hydrogens is 464 g/mol. The zero-order chi connectivity index (χ0) is 25.2. The SMILES string of the molecule is COc1cc2c(cc1[N+](=O)[O-])c(=O)n(C)c1cnc(Nc3ccc(OCCN4CCCC4)cc3)nc21. The van der Waals surface area contributed by atoms with Crippen LogP contribution in [0.4, 0.5) is 17.3 Å². The summed E-state index contributed by atoms with van der Waals surface area (Å²) in [4.78, 5) is 35.1. The molecule has 0 amide bonds. The minimum Gasteiger partial charge on any atom is -0.492 e. The fraction of sp³-hybridized carbons (Fsp3) is 0.320. The Balaban J connectivity index is 1.42. The highest BCUT2D eigenvalue weighted by Crippen LogP contribution is 2.33. The number of hydrogen-bond donors (Lipinski definition) is 1. The predicted octanol–water partition coefficient (Wildman–Crippen LogP) is 3.62. The second-order valence-corrected chi connectivity index (χ2v) is 8.66. The van der Waals surface area contributed by atoms with Crippen LogP contribution < -0.4 is 20.3 Å². The summed E-state index contributed by atoms with van der Waals surface area (Å²) in [6.07, 6.45) is 4.07. The van der Waals surface area contributed by atoms with Gasteiger partial charge in [-0.3, -0.25) is 19.8 Å². The average molecular weight is 491 g/mol. The number of fused-ring (bicyclic) bond motifs is 3. The molecule has 1 N–H and O–H groups in total. The summed E-state index contributed by atoms with van der Waals surface area (Å²) in [5, 5.41) is 15.2. The van der Waals surface area contributed by atoms with Gasteiger partial charge in [-0.2, -0.15) is 0 Å². The van der Waals surface area contributed by atoms with Gasteiger partial charge < -0.3 is 19.4 Å². The molecule has 11 heteroatoms. The van der Waals surface area contributed by atoms with Crippen molar-refractivity contribution in [1.29, 1.82) is 0 Å². The van der Waals surface area contributed by atoms with E-state index in [0.717, 1.165) is 31.1 Å². The number of rotatable bonds is 8. The molecule has 0 atom stereocenters. The van der Waals surface area contributed by atoms with Crippen LogP contribution in [0.3, 0.4) is 0 Å². The average Bonchev–Trinajstić information content (AvgIpc) is 3.41. The van der Waals surface area contributed by atoms with E-state index in [-0.39, 0.29) is 22.4 Å². The van der Waals surface area contributed by atoms with Gasteiger partial charge in [0.15, 0.2) is 5.75 Å². The lowest BCUT2D eigenvalue weighted by Gasteiger charge is -2.15. The molecule has 2 aromatic heterocycles. The van der Waals surface area contributed by atoms with E-state index >= 15 is 0 Å². The summed E-state index contributed by atoms with van der Waals surface area (Å²) >= 11 is 0. The van der Waals surface area contributed by atoms with E-state index in [4.69, 9.17) is 9.47 Å². The molecule has 1 aliphatic heterocycles. The van der Waals surface area contributed by atoms with Crippen molar-refractivity contribution < 1.29 is 14.4 Å². The molecule has 0 spiro atoms. The van der Waals surface area contributed by atoms with Crippen molar-refractivity contribution in [1.82, 2.24) is 19.4 Å². The largest absolute Gasteiger partial charge is 0.492 e. The number of benzene rings is 2. The highest BCUT2D eigenvalue weighted by Gasteiger charge is 2.21.